The molecule has 0 bridgehead atoms. The van der Waals surface area contributed by atoms with Crippen molar-refractivity contribution in [3.8, 4) is 0 Å². The average Bonchev–Trinajstić information content (AvgIpc) is 3.16. The van der Waals surface area contributed by atoms with E-state index in [0.29, 0.717) is 12.6 Å². The molecule has 4 nitrogen and oxygen atoms in total. The third-order valence-electron chi connectivity index (χ3n) is 5.62. The van der Waals surface area contributed by atoms with Gasteiger partial charge in [0.15, 0.2) is 0 Å². The highest BCUT2D eigenvalue weighted by Gasteiger charge is 2.22. The minimum Gasteiger partial charge on any atom is -0.352 e. The van der Waals surface area contributed by atoms with Gasteiger partial charge in [0.1, 0.15) is 0 Å². The van der Waals surface area contributed by atoms with Crippen LogP contribution in [0.1, 0.15) is 49.7 Å². The molecule has 1 saturated heterocycles. The van der Waals surface area contributed by atoms with Crippen molar-refractivity contribution in [2.24, 2.45) is 5.92 Å². The Morgan fingerprint density at radius 3 is 2.62 bits per heavy atom. The molecule has 1 atom stereocenters. The van der Waals surface area contributed by atoms with Crippen LogP contribution in [0.4, 0.5) is 0 Å². The van der Waals surface area contributed by atoms with E-state index in [1.165, 1.54) is 43.2 Å². The van der Waals surface area contributed by atoms with Gasteiger partial charge >= 0.3 is 0 Å². The molecule has 1 amide bonds. The van der Waals surface area contributed by atoms with Gasteiger partial charge in [0.05, 0.1) is 5.92 Å². The molecular weight excluding hydrogens is 298 g/mol. The van der Waals surface area contributed by atoms with Crippen LogP contribution in [0.3, 0.4) is 0 Å². The van der Waals surface area contributed by atoms with Crippen molar-refractivity contribution in [1.82, 2.24) is 15.5 Å². The minimum atomic E-state index is 0.141. The normalized spacial score (nSPS) is 22.0. The molecule has 1 aromatic rings. The zero-order valence-electron chi connectivity index (χ0n) is 14.9. The number of nitrogens with zero attached hydrogens (tertiary/aromatic N) is 1. The van der Waals surface area contributed by atoms with E-state index in [-0.39, 0.29) is 11.8 Å². The number of carbonyl (C=O) groups excluding carboxylic acids is 1. The van der Waals surface area contributed by atoms with Crippen molar-refractivity contribution >= 4 is 5.91 Å². The standard InChI is InChI=1S/C20H31N3O/c1-23(19-9-3-2-4-10-19)15-18-8-6-5-7-16(18)14-22-20(24)17-11-12-21-13-17/h5-8,17,19,21H,2-4,9-15H2,1H3,(H,22,24). The Kier molecular flexibility index (Phi) is 6.27. The lowest BCUT2D eigenvalue weighted by molar-refractivity contribution is -0.124. The Hall–Kier alpha value is -1.39. The summed E-state index contributed by atoms with van der Waals surface area (Å²) in [5.41, 5.74) is 2.59. The first kappa shape index (κ1) is 17.4. The number of nitrogens with one attached hydrogen (secondary N) is 2. The Labute approximate surface area is 146 Å². The van der Waals surface area contributed by atoms with Crippen LogP contribution in [-0.4, -0.2) is 37.0 Å². The van der Waals surface area contributed by atoms with Crippen molar-refractivity contribution in [1.29, 1.82) is 0 Å². The van der Waals surface area contributed by atoms with E-state index in [2.05, 4.69) is 46.8 Å². The summed E-state index contributed by atoms with van der Waals surface area (Å²) >= 11 is 0. The van der Waals surface area contributed by atoms with Crippen LogP contribution in [0.25, 0.3) is 0 Å². The monoisotopic (exact) mass is 329 g/mol. The van der Waals surface area contributed by atoms with Crippen LogP contribution < -0.4 is 10.6 Å². The molecule has 0 spiro atoms. The summed E-state index contributed by atoms with van der Waals surface area (Å²) in [6, 6.07) is 9.25. The summed E-state index contributed by atoms with van der Waals surface area (Å²) in [5.74, 6) is 0.331. The van der Waals surface area contributed by atoms with E-state index in [9.17, 15) is 4.79 Å². The van der Waals surface area contributed by atoms with Gasteiger partial charge in [-0.2, -0.15) is 0 Å². The summed E-state index contributed by atoms with van der Waals surface area (Å²) in [5, 5.41) is 6.39. The van der Waals surface area contributed by atoms with Gasteiger partial charge in [-0.25, -0.2) is 0 Å². The minimum absolute atomic E-state index is 0.141. The number of carbonyl (C=O) groups is 1. The second kappa shape index (κ2) is 8.63. The fourth-order valence-corrected chi connectivity index (χ4v) is 4.01. The quantitative estimate of drug-likeness (QED) is 0.843. The maximum atomic E-state index is 12.2. The molecule has 132 valence electrons. The lowest BCUT2D eigenvalue weighted by atomic mass is 9.94. The first-order valence-corrected chi connectivity index (χ1v) is 9.49. The molecular formula is C20H31N3O. The third-order valence-corrected chi connectivity index (χ3v) is 5.62. The van der Waals surface area contributed by atoms with Crippen LogP contribution in [0.5, 0.6) is 0 Å². The molecule has 1 unspecified atom stereocenters. The summed E-state index contributed by atoms with van der Waals surface area (Å²) in [4.78, 5) is 14.7. The van der Waals surface area contributed by atoms with E-state index in [4.69, 9.17) is 0 Å². The zero-order valence-corrected chi connectivity index (χ0v) is 14.9. The summed E-state index contributed by atoms with van der Waals surface area (Å²) in [6.45, 7) is 3.39. The molecule has 3 rings (SSSR count). The third kappa shape index (κ3) is 4.58. The van der Waals surface area contributed by atoms with Crippen molar-refractivity contribution in [3.05, 3.63) is 35.4 Å². The van der Waals surface area contributed by atoms with Crippen molar-refractivity contribution < 1.29 is 4.79 Å². The van der Waals surface area contributed by atoms with E-state index in [1.807, 2.05) is 0 Å². The topological polar surface area (TPSA) is 44.4 Å². The highest BCUT2D eigenvalue weighted by atomic mass is 16.1. The predicted molar refractivity (Wildman–Crippen MR) is 97.6 cm³/mol. The molecule has 2 fully saturated rings. The molecule has 0 aromatic heterocycles. The Bertz CT molecular complexity index is 533. The number of hydrogen-bond donors (Lipinski definition) is 2. The van der Waals surface area contributed by atoms with Gasteiger partial charge in [0.25, 0.3) is 0 Å². The average molecular weight is 329 g/mol. The molecule has 24 heavy (non-hydrogen) atoms. The molecule has 1 aliphatic carbocycles. The number of benzene rings is 1. The van der Waals surface area contributed by atoms with Gasteiger partial charge in [0.2, 0.25) is 5.91 Å². The van der Waals surface area contributed by atoms with Crippen LogP contribution in [0.2, 0.25) is 0 Å². The molecule has 1 heterocycles. The van der Waals surface area contributed by atoms with Crippen LogP contribution in [0, 0.1) is 5.92 Å². The summed E-state index contributed by atoms with van der Waals surface area (Å²) in [6.07, 6.45) is 7.72. The predicted octanol–water partition coefficient (Wildman–Crippen LogP) is 2.68. The second-order valence-corrected chi connectivity index (χ2v) is 7.38. The molecule has 2 N–H and O–H groups in total. The molecule has 0 radical (unpaired) electrons. The van der Waals surface area contributed by atoms with Gasteiger partial charge < -0.3 is 10.6 Å². The summed E-state index contributed by atoms with van der Waals surface area (Å²) in [7, 11) is 2.25. The van der Waals surface area contributed by atoms with Crippen LogP contribution in [-0.2, 0) is 17.9 Å². The highest BCUT2D eigenvalue weighted by Crippen LogP contribution is 2.23. The highest BCUT2D eigenvalue weighted by molar-refractivity contribution is 5.79. The maximum Gasteiger partial charge on any atom is 0.224 e. The SMILES string of the molecule is CN(Cc1ccccc1CNC(=O)C1CCNC1)C1CCCCC1. The van der Waals surface area contributed by atoms with Crippen molar-refractivity contribution in [2.45, 2.75) is 57.7 Å². The van der Waals surface area contributed by atoms with Gasteiger partial charge in [0, 0.05) is 25.7 Å². The first-order valence-electron chi connectivity index (χ1n) is 9.49. The Morgan fingerprint density at radius 2 is 1.92 bits per heavy atom. The zero-order chi connectivity index (χ0) is 16.8. The fourth-order valence-electron chi connectivity index (χ4n) is 4.01. The second-order valence-electron chi connectivity index (χ2n) is 7.38. The molecule has 1 aromatic carbocycles. The van der Waals surface area contributed by atoms with E-state index in [1.54, 1.807) is 0 Å². The molecule has 1 aliphatic heterocycles. The lowest BCUT2D eigenvalue weighted by Gasteiger charge is -2.31. The fraction of sp³-hybridized carbons (Fsp3) is 0.650. The number of hydrogen-bond acceptors (Lipinski definition) is 3. The lowest BCUT2D eigenvalue weighted by Crippen LogP contribution is -2.34. The van der Waals surface area contributed by atoms with E-state index in [0.717, 1.165) is 26.1 Å². The van der Waals surface area contributed by atoms with Gasteiger partial charge in [-0.3, -0.25) is 9.69 Å². The van der Waals surface area contributed by atoms with Gasteiger partial charge in [-0.05, 0) is 44.0 Å². The number of rotatable bonds is 6. The Morgan fingerprint density at radius 1 is 1.17 bits per heavy atom. The van der Waals surface area contributed by atoms with Crippen molar-refractivity contribution in [2.75, 3.05) is 20.1 Å². The smallest absolute Gasteiger partial charge is 0.224 e. The van der Waals surface area contributed by atoms with Crippen LogP contribution >= 0.6 is 0 Å². The van der Waals surface area contributed by atoms with E-state index < -0.39 is 0 Å². The van der Waals surface area contributed by atoms with Crippen LogP contribution in [0.15, 0.2) is 24.3 Å². The molecule has 1 saturated carbocycles. The van der Waals surface area contributed by atoms with Gasteiger partial charge in [-0.1, -0.05) is 43.5 Å². The van der Waals surface area contributed by atoms with Gasteiger partial charge in [-0.15, -0.1) is 0 Å². The largest absolute Gasteiger partial charge is 0.352 e. The molecule has 2 aliphatic rings. The summed E-state index contributed by atoms with van der Waals surface area (Å²) < 4.78 is 0. The number of amides is 1. The van der Waals surface area contributed by atoms with E-state index >= 15 is 0 Å². The molecule has 4 heteroatoms. The Balaban J connectivity index is 1.56. The maximum absolute atomic E-state index is 12.2. The van der Waals surface area contributed by atoms with Crippen molar-refractivity contribution in [3.63, 3.8) is 0 Å². The first-order chi connectivity index (χ1) is 11.7.